The summed E-state index contributed by atoms with van der Waals surface area (Å²) in [5.74, 6) is -0.288. The van der Waals surface area contributed by atoms with Gasteiger partial charge in [-0.25, -0.2) is 0 Å². The summed E-state index contributed by atoms with van der Waals surface area (Å²) in [5.41, 5.74) is 2.48. The molecule has 0 aromatic heterocycles. The number of hydrogen-bond acceptors (Lipinski definition) is 6. The zero-order valence-corrected chi connectivity index (χ0v) is 22.1. The minimum absolute atomic E-state index is 0.0946. The predicted octanol–water partition coefficient (Wildman–Crippen LogP) is 3.59. The van der Waals surface area contributed by atoms with Crippen molar-refractivity contribution in [2.45, 2.75) is 25.8 Å². The van der Waals surface area contributed by atoms with E-state index in [1.54, 1.807) is 17.0 Å². The van der Waals surface area contributed by atoms with E-state index in [9.17, 15) is 14.4 Å². The molecule has 0 spiro atoms. The number of carbonyl (C=O) groups is 3. The molecule has 8 nitrogen and oxygen atoms in total. The number of anilines is 1. The molecular formula is C27H30Cl2N4O4. The molecule has 10 heteroatoms. The Morgan fingerprint density at radius 2 is 1.78 bits per heavy atom. The zero-order chi connectivity index (χ0) is 25.9. The van der Waals surface area contributed by atoms with E-state index in [-0.39, 0.29) is 23.6 Å². The molecule has 3 aliphatic rings. The number of nitrogens with zero attached hydrogens (tertiary/aromatic N) is 3. The normalized spacial score (nSPS) is 20.3. The Balaban J connectivity index is 1.09. The summed E-state index contributed by atoms with van der Waals surface area (Å²) in [5, 5.41) is 3.55. The minimum atomic E-state index is -0.365. The summed E-state index contributed by atoms with van der Waals surface area (Å²) in [6.07, 6.45) is 1.65. The van der Waals surface area contributed by atoms with Crippen LogP contribution in [0.5, 0.6) is 5.75 Å². The van der Waals surface area contributed by atoms with E-state index in [4.69, 9.17) is 27.9 Å². The van der Waals surface area contributed by atoms with Gasteiger partial charge in [-0.3, -0.25) is 24.6 Å². The van der Waals surface area contributed by atoms with Crippen molar-refractivity contribution in [2.24, 2.45) is 5.92 Å². The SMILES string of the molecule is O=C1CC[C@@H](CN2Cc3c(OCCCN4CCN(c5cccc(Cl)c5Cl)CC4)cccc3C2=O)C(=O)N1. The van der Waals surface area contributed by atoms with Gasteiger partial charge in [-0.05, 0) is 37.1 Å². The smallest absolute Gasteiger partial charge is 0.254 e. The zero-order valence-electron chi connectivity index (χ0n) is 20.6. The average Bonchev–Trinajstić information content (AvgIpc) is 3.21. The van der Waals surface area contributed by atoms with Crippen LogP contribution in [0.3, 0.4) is 0 Å². The highest BCUT2D eigenvalue weighted by Crippen LogP contribution is 2.34. The maximum absolute atomic E-state index is 12.9. The first-order valence-corrected chi connectivity index (χ1v) is 13.5. The molecule has 0 radical (unpaired) electrons. The summed E-state index contributed by atoms with van der Waals surface area (Å²) in [6.45, 7) is 5.84. The Morgan fingerprint density at radius 3 is 2.57 bits per heavy atom. The summed E-state index contributed by atoms with van der Waals surface area (Å²) < 4.78 is 6.11. The predicted molar refractivity (Wildman–Crippen MR) is 142 cm³/mol. The fraction of sp³-hybridized carbons (Fsp3) is 0.444. The van der Waals surface area contributed by atoms with Crippen LogP contribution in [0.1, 0.15) is 35.2 Å². The maximum atomic E-state index is 12.9. The molecule has 2 aromatic rings. The van der Waals surface area contributed by atoms with Gasteiger partial charge in [-0.15, -0.1) is 0 Å². The van der Waals surface area contributed by atoms with Crippen LogP contribution in [-0.4, -0.2) is 73.4 Å². The summed E-state index contributed by atoms with van der Waals surface area (Å²) >= 11 is 12.6. The second-order valence-electron chi connectivity index (χ2n) is 9.72. The fourth-order valence-corrected chi connectivity index (χ4v) is 5.66. The van der Waals surface area contributed by atoms with Crippen LogP contribution in [0.15, 0.2) is 36.4 Å². The summed E-state index contributed by atoms with van der Waals surface area (Å²) in [7, 11) is 0. The van der Waals surface area contributed by atoms with E-state index in [1.807, 2.05) is 24.3 Å². The van der Waals surface area contributed by atoms with E-state index in [0.29, 0.717) is 48.1 Å². The van der Waals surface area contributed by atoms with Crippen LogP contribution >= 0.6 is 23.2 Å². The molecule has 2 saturated heterocycles. The average molecular weight is 545 g/mol. The molecular weight excluding hydrogens is 515 g/mol. The van der Waals surface area contributed by atoms with Gasteiger partial charge in [0.25, 0.3) is 5.91 Å². The Labute approximate surface area is 226 Å². The van der Waals surface area contributed by atoms with Crippen LogP contribution in [0, 0.1) is 5.92 Å². The number of rotatable bonds is 8. The van der Waals surface area contributed by atoms with Crippen LogP contribution in [0.2, 0.25) is 10.0 Å². The molecule has 2 aromatic carbocycles. The standard InChI is InChI=1S/C27H30Cl2N4O4/c28-21-5-2-6-22(25(21)29)32-13-11-31(12-14-32)10-3-15-37-23-7-1-4-19-20(23)17-33(27(19)36)16-18-8-9-24(34)30-26(18)35/h1-2,4-7,18H,3,8-17H2,(H,30,34,35)/t18-/m0/s1. The Morgan fingerprint density at radius 1 is 1.00 bits per heavy atom. The lowest BCUT2D eigenvalue weighted by Gasteiger charge is -2.36. The van der Waals surface area contributed by atoms with E-state index < -0.39 is 0 Å². The largest absolute Gasteiger partial charge is 0.493 e. The number of piperidine rings is 1. The van der Waals surface area contributed by atoms with Crippen molar-refractivity contribution in [3.05, 3.63) is 57.6 Å². The molecule has 3 heterocycles. The van der Waals surface area contributed by atoms with Gasteiger partial charge in [0, 0.05) is 56.8 Å². The van der Waals surface area contributed by atoms with Crippen LogP contribution < -0.4 is 15.0 Å². The van der Waals surface area contributed by atoms with E-state index in [0.717, 1.165) is 56.1 Å². The quantitative estimate of drug-likeness (QED) is 0.404. The van der Waals surface area contributed by atoms with E-state index in [1.165, 1.54) is 0 Å². The number of piperazine rings is 1. The third-order valence-corrected chi connectivity index (χ3v) is 8.12. The van der Waals surface area contributed by atoms with Gasteiger partial charge >= 0.3 is 0 Å². The number of hydrogen-bond donors (Lipinski definition) is 1. The maximum Gasteiger partial charge on any atom is 0.254 e. The molecule has 2 fully saturated rings. The molecule has 5 rings (SSSR count). The molecule has 3 amide bonds. The van der Waals surface area contributed by atoms with Gasteiger partial charge in [-0.2, -0.15) is 0 Å². The van der Waals surface area contributed by atoms with Gasteiger partial charge in [0.05, 0.1) is 34.8 Å². The lowest BCUT2D eigenvalue weighted by Crippen LogP contribution is -2.46. The topological polar surface area (TPSA) is 82.2 Å². The highest BCUT2D eigenvalue weighted by molar-refractivity contribution is 6.43. The van der Waals surface area contributed by atoms with Crippen LogP contribution in [0.4, 0.5) is 5.69 Å². The Kier molecular flexibility index (Phi) is 7.88. The van der Waals surface area contributed by atoms with Crippen LogP contribution in [0.25, 0.3) is 0 Å². The molecule has 0 unspecified atom stereocenters. The first-order valence-electron chi connectivity index (χ1n) is 12.7. The van der Waals surface area contributed by atoms with Gasteiger partial charge in [0.2, 0.25) is 11.8 Å². The Bertz CT molecular complexity index is 1200. The number of fused-ring (bicyclic) bond motifs is 1. The van der Waals surface area contributed by atoms with Gasteiger partial charge in [-0.1, -0.05) is 35.3 Å². The first kappa shape index (κ1) is 25.8. The third-order valence-electron chi connectivity index (χ3n) is 7.31. The van der Waals surface area contributed by atoms with Crippen molar-refractivity contribution in [3.63, 3.8) is 0 Å². The monoisotopic (exact) mass is 544 g/mol. The highest BCUT2D eigenvalue weighted by atomic mass is 35.5. The number of benzene rings is 2. The van der Waals surface area contributed by atoms with Crippen molar-refractivity contribution in [3.8, 4) is 5.75 Å². The molecule has 0 saturated carbocycles. The second-order valence-corrected chi connectivity index (χ2v) is 10.5. The number of carbonyl (C=O) groups excluding carboxylic acids is 3. The van der Waals surface area contributed by atoms with Gasteiger partial charge < -0.3 is 14.5 Å². The van der Waals surface area contributed by atoms with Gasteiger partial charge in [0.15, 0.2) is 0 Å². The third kappa shape index (κ3) is 5.71. The molecule has 37 heavy (non-hydrogen) atoms. The number of nitrogens with one attached hydrogen (secondary N) is 1. The van der Waals surface area contributed by atoms with Crippen molar-refractivity contribution >= 4 is 46.6 Å². The van der Waals surface area contributed by atoms with Crippen molar-refractivity contribution < 1.29 is 19.1 Å². The van der Waals surface area contributed by atoms with Crippen molar-refractivity contribution in [2.75, 3.05) is 50.8 Å². The lowest BCUT2D eigenvalue weighted by molar-refractivity contribution is -0.136. The lowest BCUT2D eigenvalue weighted by atomic mass is 9.97. The van der Waals surface area contributed by atoms with Crippen LogP contribution in [-0.2, 0) is 16.1 Å². The molecule has 196 valence electrons. The summed E-state index contributed by atoms with van der Waals surface area (Å²) in [6, 6.07) is 11.3. The first-order chi connectivity index (χ1) is 17.9. The number of amides is 3. The molecule has 0 aliphatic carbocycles. The highest BCUT2D eigenvalue weighted by Gasteiger charge is 2.35. The minimum Gasteiger partial charge on any atom is -0.493 e. The number of imide groups is 1. The van der Waals surface area contributed by atoms with E-state index >= 15 is 0 Å². The Hall–Kier alpha value is -2.81. The molecule has 1 atom stereocenters. The molecule has 3 aliphatic heterocycles. The summed E-state index contributed by atoms with van der Waals surface area (Å²) in [4.78, 5) is 42.9. The number of halogens is 2. The van der Waals surface area contributed by atoms with E-state index in [2.05, 4.69) is 15.1 Å². The van der Waals surface area contributed by atoms with Gasteiger partial charge in [0.1, 0.15) is 5.75 Å². The van der Waals surface area contributed by atoms with Crippen molar-refractivity contribution in [1.29, 1.82) is 0 Å². The fourth-order valence-electron chi connectivity index (χ4n) is 5.24. The molecule has 0 bridgehead atoms. The number of ether oxygens (including phenoxy) is 1. The second kappa shape index (κ2) is 11.3. The van der Waals surface area contributed by atoms with Crippen molar-refractivity contribution in [1.82, 2.24) is 15.1 Å². The molecule has 1 N–H and O–H groups in total.